The molecule has 6 nitrogen and oxygen atoms in total. The molecule has 21 heavy (non-hydrogen) atoms. The number of methoxy groups -OCH3 is 2. The van der Waals surface area contributed by atoms with Gasteiger partial charge in [-0.1, -0.05) is 18.2 Å². The van der Waals surface area contributed by atoms with Crippen LogP contribution in [0.15, 0.2) is 24.3 Å². The summed E-state index contributed by atoms with van der Waals surface area (Å²) in [5.41, 5.74) is 0. The van der Waals surface area contributed by atoms with Crippen LogP contribution < -0.4 is 0 Å². The first-order chi connectivity index (χ1) is 9.90. The Morgan fingerprint density at radius 2 is 1.90 bits per heavy atom. The minimum atomic E-state index is -1.03. The molecule has 0 saturated carbocycles. The van der Waals surface area contributed by atoms with Crippen molar-refractivity contribution in [1.29, 1.82) is 0 Å². The Labute approximate surface area is 125 Å². The minimum absolute atomic E-state index is 0.301. The molecule has 1 saturated heterocycles. The third kappa shape index (κ3) is 4.38. The van der Waals surface area contributed by atoms with Gasteiger partial charge in [-0.25, -0.2) is 4.79 Å². The molecule has 0 amide bonds. The first-order valence-corrected chi connectivity index (χ1v) is 6.84. The molecule has 6 heteroatoms. The average Bonchev–Trinajstić information content (AvgIpc) is 2.47. The number of hydrogen-bond acceptors (Lipinski definition) is 6. The lowest BCUT2D eigenvalue weighted by molar-refractivity contribution is -0.425. The van der Waals surface area contributed by atoms with Gasteiger partial charge in [0.15, 0.2) is 0 Å². The molecule has 0 bridgehead atoms. The van der Waals surface area contributed by atoms with Gasteiger partial charge < -0.3 is 23.7 Å². The Hall–Kier alpha value is -1.21. The van der Waals surface area contributed by atoms with Crippen molar-refractivity contribution < 1.29 is 28.5 Å². The maximum Gasteiger partial charge on any atom is 0.330 e. The molecule has 0 aromatic heterocycles. The molecule has 0 unspecified atom stereocenters. The van der Waals surface area contributed by atoms with Crippen molar-refractivity contribution >= 4 is 5.97 Å². The largest absolute Gasteiger partial charge is 0.463 e. The van der Waals surface area contributed by atoms with E-state index in [0.717, 1.165) is 0 Å². The normalized spacial score (nSPS) is 33.7. The van der Waals surface area contributed by atoms with E-state index in [9.17, 15) is 4.79 Å². The van der Waals surface area contributed by atoms with Gasteiger partial charge in [-0.05, 0) is 20.8 Å². The molecule has 1 aliphatic rings. The molecule has 0 radical (unpaired) electrons. The molecule has 1 aliphatic heterocycles. The molecule has 120 valence electrons. The molecule has 0 N–H and O–H groups in total. The van der Waals surface area contributed by atoms with Gasteiger partial charge in [-0.2, -0.15) is 0 Å². The zero-order chi connectivity index (χ0) is 15.9. The molecule has 0 aromatic carbocycles. The number of carbonyl (C=O) groups is 1. The summed E-state index contributed by atoms with van der Waals surface area (Å²) in [4.78, 5) is 11.1. The predicted molar refractivity (Wildman–Crippen MR) is 76.6 cm³/mol. The van der Waals surface area contributed by atoms with Crippen LogP contribution in [0.25, 0.3) is 0 Å². The van der Waals surface area contributed by atoms with Crippen LogP contribution in [-0.4, -0.2) is 51.1 Å². The van der Waals surface area contributed by atoms with Crippen LogP contribution in [0.5, 0.6) is 0 Å². The highest BCUT2D eigenvalue weighted by molar-refractivity contribution is 5.82. The molecule has 0 aliphatic carbocycles. The summed E-state index contributed by atoms with van der Waals surface area (Å²) >= 11 is 0. The van der Waals surface area contributed by atoms with Crippen LogP contribution in [-0.2, 0) is 28.5 Å². The Kier molecular flexibility index (Phi) is 6.54. The number of hydrogen-bond donors (Lipinski definition) is 0. The van der Waals surface area contributed by atoms with Gasteiger partial charge in [0, 0.05) is 20.3 Å². The van der Waals surface area contributed by atoms with Crippen molar-refractivity contribution in [3.05, 3.63) is 24.3 Å². The van der Waals surface area contributed by atoms with Crippen LogP contribution >= 0.6 is 0 Å². The van der Waals surface area contributed by atoms with Gasteiger partial charge in [0.2, 0.25) is 11.6 Å². The monoisotopic (exact) mass is 300 g/mol. The van der Waals surface area contributed by atoms with Crippen LogP contribution in [0.2, 0.25) is 0 Å². The highest BCUT2D eigenvalue weighted by atomic mass is 16.8. The van der Waals surface area contributed by atoms with Crippen molar-refractivity contribution in [2.24, 2.45) is 0 Å². The molecular formula is C15H24O6. The van der Waals surface area contributed by atoms with Gasteiger partial charge in [-0.3, -0.25) is 0 Å². The predicted octanol–water partition coefficient (Wildman–Crippen LogP) is 1.80. The first kappa shape index (κ1) is 17.8. The molecule has 1 heterocycles. The van der Waals surface area contributed by atoms with Crippen LogP contribution in [0.3, 0.4) is 0 Å². The fraction of sp³-hybridized carbons (Fsp3) is 0.667. The van der Waals surface area contributed by atoms with Gasteiger partial charge in [-0.15, -0.1) is 0 Å². The Morgan fingerprint density at radius 1 is 1.24 bits per heavy atom. The zero-order valence-electron chi connectivity index (χ0n) is 13.3. The molecule has 3 atom stereocenters. The minimum Gasteiger partial charge on any atom is -0.463 e. The van der Waals surface area contributed by atoms with E-state index in [-0.39, 0.29) is 12.1 Å². The molecule has 1 fully saturated rings. The maximum atomic E-state index is 11.1. The number of rotatable bonds is 6. The second-order valence-electron chi connectivity index (χ2n) is 4.76. The highest BCUT2D eigenvalue weighted by Gasteiger charge is 2.52. The summed E-state index contributed by atoms with van der Waals surface area (Å²) in [5, 5.41) is 0. The van der Waals surface area contributed by atoms with Crippen LogP contribution in [0.1, 0.15) is 20.8 Å². The van der Waals surface area contributed by atoms with Crippen molar-refractivity contribution in [2.45, 2.75) is 38.4 Å². The van der Waals surface area contributed by atoms with E-state index in [2.05, 4.69) is 0 Å². The van der Waals surface area contributed by atoms with Gasteiger partial charge in [0.1, 0.15) is 6.10 Å². The topological polar surface area (TPSA) is 63.2 Å². The molecular weight excluding hydrogens is 276 g/mol. The molecule has 0 aromatic rings. The summed E-state index contributed by atoms with van der Waals surface area (Å²) in [6.07, 6.45) is 6.12. The number of allylic oxidation sites excluding steroid dienone is 2. The van der Waals surface area contributed by atoms with E-state index in [1.54, 1.807) is 46.1 Å². The van der Waals surface area contributed by atoms with Crippen LogP contribution in [0.4, 0.5) is 0 Å². The lowest BCUT2D eigenvalue weighted by atomic mass is 10.1. The van der Waals surface area contributed by atoms with Crippen molar-refractivity contribution in [2.75, 3.05) is 27.4 Å². The van der Waals surface area contributed by atoms with Crippen molar-refractivity contribution in [1.82, 2.24) is 0 Å². The third-order valence-electron chi connectivity index (χ3n) is 3.46. The quantitative estimate of drug-likeness (QED) is 0.423. The van der Waals surface area contributed by atoms with E-state index in [4.69, 9.17) is 23.7 Å². The second kappa shape index (κ2) is 7.70. The third-order valence-corrected chi connectivity index (χ3v) is 3.46. The summed E-state index contributed by atoms with van der Waals surface area (Å²) in [6.45, 7) is 5.95. The fourth-order valence-corrected chi connectivity index (χ4v) is 1.89. The first-order valence-electron chi connectivity index (χ1n) is 6.84. The second-order valence-corrected chi connectivity index (χ2v) is 4.76. The van der Waals surface area contributed by atoms with Crippen molar-refractivity contribution in [3.63, 3.8) is 0 Å². The SMILES string of the molecule is CCOC(=O)/C=C/C=C/[C@H]1CO[C@@](C)(OC)[C@](C)(OC)O1. The molecule has 0 spiro atoms. The van der Waals surface area contributed by atoms with Gasteiger partial charge in [0.25, 0.3) is 0 Å². The summed E-state index contributed by atoms with van der Waals surface area (Å²) in [5.74, 6) is -2.39. The van der Waals surface area contributed by atoms with Gasteiger partial charge >= 0.3 is 5.97 Å². The highest BCUT2D eigenvalue weighted by Crippen LogP contribution is 2.36. The standard InChI is InChI=1S/C15H24O6/c1-6-19-13(16)10-8-7-9-12-11-20-14(2,17-4)15(3,18-5)21-12/h7-10,12H,6,11H2,1-5H3/b9-7+,10-8+/t12-,14+,15+/m0/s1. The molecule has 1 rings (SSSR count). The van der Waals surface area contributed by atoms with E-state index in [1.807, 2.05) is 0 Å². The number of carbonyl (C=O) groups excluding carboxylic acids is 1. The lowest BCUT2D eigenvalue weighted by Crippen LogP contribution is -2.62. The van der Waals surface area contributed by atoms with Gasteiger partial charge in [0.05, 0.1) is 13.2 Å². The van der Waals surface area contributed by atoms with Crippen molar-refractivity contribution in [3.8, 4) is 0 Å². The average molecular weight is 300 g/mol. The van der Waals surface area contributed by atoms with E-state index in [0.29, 0.717) is 13.2 Å². The van der Waals surface area contributed by atoms with E-state index in [1.165, 1.54) is 13.2 Å². The van der Waals surface area contributed by atoms with Crippen LogP contribution in [0, 0.1) is 0 Å². The summed E-state index contributed by atoms with van der Waals surface area (Å²) < 4.78 is 27.1. The number of esters is 1. The summed E-state index contributed by atoms with van der Waals surface area (Å²) in [6, 6.07) is 0. The Bertz CT molecular complexity index is 405. The summed E-state index contributed by atoms with van der Waals surface area (Å²) in [7, 11) is 3.08. The Morgan fingerprint density at radius 3 is 2.48 bits per heavy atom. The lowest BCUT2D eigenvalue weighted by Gasteiger charge is -2.48. The zero-order valence-corrected chi connectivity index (χ0v) is 13.3. The Balaban J connectivity index is 2.62. The fourth-order valence-electron chi connectivity index (χ4n) is 1.89. The van der Waals surface area contributed by atoms with E-state index < -0.39 is 11.6 Å². The number of ether oxygens (including phenoxy) is 5. The maximum absolute atomic E-state index is 11.1. The smallest absolute Gasteiger partial charge is 0.330 e. The van der Waals surface area contributed by atoms with E-state index >= 15 is 0 Å².